The third-order valence-corrected chi connectivity index (χ3v) is 3.25. The van der Waals surface area contributed by atoms with Crippen LogP contribution in [-0.4, -0.2) is 4.98 Å². The topological polar surface area (TPSA) is 12.9 Å². The van der Waals surface area contributed by atoms with Crippen molar-refractivity contribution >= 4 is 10.8 Å². The number of aryl methyl sites for hydroxylation is 1. The molecule has 0 bridgehead atoms. The van der Waals surface area contributed by atoms with Gasteiger partial charge >= 0.3 is 0 Å². The third kappa shape index (κ3) is 2.14. The van der Waals surface area contributed by atoms with E-state index in [0.29, 0.717) is 0 Å². The SMILES string of the molecule is CCc1cccc2cc(-c3cc[c-]cc3)ncc12.[Es]. The maximum absolute atomic E-state index is 4.57. The molecule has 0 fully saturated rings. The van der Waals surface area contributed by atoms with Crippen LogP contribution in [0.3, 0.4) is 0 Å². The molecule has 3 aromatic rings. The molecule has 1 heterocycles. The Hall–Kier alpha value is -3.15. The molecule has 0 unspecified atom stereocenters. The average molecular weight is 484 g/mol. The van der Waals surface area contributed by atoms with Crippen molar-refractivity contribution in [2.75, 3.05) is 0 Å². The molecule has 0 aliphatic carbocycles. The normalized spacial score (nSPS) is 10.2. The van der Waals surface area contributed by atoms with Crippen molar-refractivity contribution in [1.29, 1.82) is 0 Å². The van der Waals surface area contributed by atoms with Crippen molar-refractivity contribution in [3.8, 4) is 11.3 Å². The van der Waals surface area contributed by atoms with Crippen LogP contribution in [0, 0.1) is 6.07 Å². The Balaban J connectivity index is 0.00000133. The van der Waals surface area contributed by atoms with Gasteiger partial charge in [0.15, 0.2) is 0 Å². The van der Waals surface area contributed by atoms with Crippen molar-refractivity contribution in [1.82, 2.24) is 4.98 Å². The number of hydrogen-bond donors (Lipinski definition) is 0. The summed E-state index contributed by atoms with van der Waals surface area (Å²) in [7, 11) is 0. The minimum Gasteiger partial charge on any atom is -0.258 e. The summed E-state index contributed by atoms with van der Waals surface area (Å²) in [4.78, 5) is 4.57. The van der Waals surface area contributed by atoms with Crippen molar-refractivity contribution < 1.29 is 0 Å². The third-order valence-electron chi connectivity index (χ3n) is 3.25. The van der Waals surface area contributed by atoms with Crippen LogP contribution in [0.2, 0.25) is 0 Å². The van der Waals surface area contributed by atoms with E-state index in [4.69, 9.17) is 0 Å². The second kappa shape index (κ2) is 5.01. The summed E-state index contributed by atoms with van der Waals surface area (Å²) >= 11 is 0. The smallest absolute Gasteiger partial charge is 0.0467 e. The van der Waals surface area contributed by atoms with Gasteiger partial charge in [-0.2, -0.15) is 30.3 Å². The fourth-order valence-electron chi connectivity index (χ4n) is 2.26. The molecule has 99 valence electrons. The van der Waals surface area contributed by atoms with E-state index < -0.39 is 0 Å². The Morgan fingerprint density at radius 1 is 1.11 bits per heavy atom. The van der Waals surface area contributed by atoms with E-state index in [1.54, 1.807) is 0 Å². The Morgan fingerprint density at radius 3 is 2.63 bits per heavy atom. The average Bonchev–Trinajstić information content (AvgIpc) is 2.47. The summed E-state index contributed by atoms with van der Waals surface area (Å²) in [5.74, 6) is 0. The molecule has 3 rings (SSSR count). The number of hydrogen-bond acceptors (Lipinski definition) is 1. The molecule has 1 radical (unpaired) electrons. The van der Waals surface area contributed by atoms with Crippen LogP contribution in [-0.2, 0) is 6.42 Å². The summed E-state index contributed by atoms with van der Waals surface area (Å²) in [6, 6.07) is 19.5. The summed E-state index contributed by atoms with van der Waals surface area (Å²) in [6.45, 7) is 2.18. The standard InChI is InChI=1S/C17H14N.Es/c1-2-13-9-6-10-15-11-17(18-12-16(13)15)14-7-4-3-5-8-14;/h4-12H,2H2,1H3;/q-1;. The van der Waals surface area contributed by atoms with Crippen LogP contribution in [0.15, 0.2) is 54.7 Å². The van der Waals surface area contributed by atoms with Crippen molar-refractivity contribution in [3.63, 3.8) is 0 Å². The van der Waals surface area contributed by atoms with Crippen molar-refractivity contribution in [2.24, 2.45) is 0 Å². The molecule has 19 heavy (non-hydrogen) atoms. The van der Waals surface area contributed by atoms with Gasteiger partial charge in [0.2, 0.25) is 0 Å². The molecule has 0 aliphatic heterocycles. The first-order chi connectivity index (χ1) is 8.88. The summed E-state index contributed by atoms with van der Waals surface area (Å²) in [6.07, 6.45) is 3.03. The van der Waals surface area contributed by atoms with E-state index in [2.05, 4.69) is 42.2 Å². The maximum atomic E-state index is 4.57. The molecule has 0 saturated heterocycles. The van der Waals surface area contributed by atoms with E-state index in [-0.39, 0.29) is 0 Å². The molecule has 2 aromatic carbocycles. The van der Waals surface area contributed by atoms with Crippen molar-refractivity contribution in [3.05, 3.63) is 66.4 Å². The second-order valence-electron chi connectivity index (χ2n) is 4.35. The molecule has 2 heteroatoms. The Morgan fingerprint density at radius 2 is 1.89 bits per heavy atom. The Labute approximate surface area is 107 Å². The van der Waals surface area contributed by atoms with Crippen LogP contribution < -0.4 is 0 Å². The van der Waals surface area contributed by atoms with Gasteiger partial charge in [-0.3, -0.25) is 4.98 Å². The number of benzene rings is 2. The fourth-order valence-corrected chi connectivity index (χ4v) is 2.26. The van der Waals surface area contributed by atoms with E-state index in [0.717, 1.165) is 17.7 Å². The van der Waals surface area contributed by atoms with E-state index in [9.17, 15) is 0 Å². The number of pyridine rings is 1. The van der Waals surface area contributed by atoms with Crippen LogP contribution >= 0.6 is 0 Å². The summed E-state index contributed by atoms with van der Waals surface area (Å²) < 4.78 is 0. The first kappa shape index (κ1) is 12.3. The molecule has 1 nitrogen and oxygen atoms in total. The van der Waals surface area contributed by atoms with Crippen LogP contribution in [0.4, 0.5) is 0 Å². The van der Waals surface area contributed by atoms with Gasteiger partial charge in [-0.15, -0.1) is 5.56 Å². The van der Waals surface area contributed by atoms with Crippen molar-refractivity contribution in [2.45, 2.75) is 13.3 Å². The van der Waals surface area contributed by atoms with Crippen LogP contribution in [0.5, 0.6) is 0 Å². The van der Waals surface area contributed by atoms with Gasteiger partial charge in [-0.05, 0) is 23.4 Å². The summed E-state index contributed by atoms with van der Waals surface area (Å²) in [5, 5.41) is 2.51. The van der Waals surface area contributed by atoms with Crippen LogP contribution in [0.1, 0.15) is 12.5 Å². The quantitative estimate of drug-likeness (QED) is 0.496. The minimum atomic E-state index is 0. The monoisotopic (exact) mass is 484 g/mol. The largest absolute Gasteiger partial charge is 0.258 e. The number of nitrogens with zero attached hydrogens (tertiary/aromatic N) is 1. The molecule has 1 aromatic heterocycles. The number of fused-ring (bicyclic) bond motifs is 1. The zero-order valence-corrected chi connectivity index (χ0v) is 13.2. The van der Waals surface area contributed by atoms with Gasteiger partial charge in [0, 0.05) is 17.3 Å². The van der Waals surface area contributed by atoms with E-state index in [1.807, 2.05) is 30.5 Å². The minimum absolute atomic E-state index is 0. The van der Waals surface area contributed by atoms with E-state index in [1.165, 1.54) is 16.3 Å². The molecule has 0 saturated carbocycles. The zero-order chi connectivity index (χ0) is 12.4. The second-order valence-corrected chi connectivity index (χ2v) is 4.35. The van der Waals surface area contributed by atoms with Gasteiger partial charge in [0.1, 0.15) is 0 Å². The first-order valence-electron chi connectivity index (χ1n) is 6.22. The van der Waals surface area contributed by atoms with Gasteiger partial charge in [-0.1, -0.05) is 25.1 Å². The predicted molar refractivity (Wildman–Crippen MR) is 75.4 cm³/mol. The number of rotatable bonds is 2. The van der Waals surface area contributed by atoms with Gasteiger partial charge in [0.05, 0.1) is 0 Å². The predicted octanol–water partition coefficient (Wildman–Crippen LogP) is 4.26. The molecule has 0 amide bonds. The van der Waals surface area contributed by atoms with E-state index >= 15 is 0 Å². The maximum Gasteiger partial charge on any atom is 0.0467 e. The fraction of sp³-hybridized carbons (Fsp3) is 0.118. The van der Waals surface area contributed by atoms with Gasteiger partial charge in [-0.25, -0.2) is 0 Å². The Bertz CT molecular complexity index is 677. The summed E-state index contributed by atoms with van der Waals surface area (Å²) in [5.41, 5.74) is 3.51. The first-order valence-corrected chi connectivity index (χ1v) is 6.22. The zero-order valence-electron chi connectivity index (χ0n) is 10.7. The molecular formula is C17H14EsN-. The molecule has 0 atom stereocenters. The molecule has 0 spiro atoms. The van der Waals surface area contributed by atoms with Gasteiger partial charge < -0.3 is 0 Å². The molecule has 0 aliphatic rings. The Kier molecular flexibility index (Phi) is 3.24. The molecular weight excluding hydrogens is 470 g/mol. The van der Waals surface area contributed by atoms with Gasteiger partial charge in [0.25, 0.3) is 0 Å². The van der Waals surface area contributed by atoms with Crippen LogP contribution in [0.25, 0.3) is 22.0 Å². The number of aromatic nitrogens is 1. The molecule has 0 N–H and O–H groups in total.